The van der Waals surface area contributed by atoms with Gasteiger partial charge in [-0.1, -0.05) is 6.07 Å². The van der Waals surface area contributed by atoms with Crippen LogP contribution in [0.25, 0.3) is 0 Å². The molecule has 0 saturated carbocycles. The molecule has 0 radical (unpaired) electrons. The maximum atomic E-state index is 13.8. The molecular weight excluding hydrogens is 246 g/mol. The lowest BCUT2D eigenvalue weighted by atomic mass is 10.1. The van der Waals surface area contributed by atoms with Gasteiger partial charge in [0.05, 0.1) is 0 Å². The number of halogens is 2. The van der Waals surface area contributed by atoms with Gasteiger partial charge in [0.15, 0.2) is 0 Å². The van der Waals surface area contributed by atoms with Crippen LogP contribution >= 0.6 is 0 Å². The molecule has 1 aromatic carbocycles. The second kappa shape index (κ2) is 6.44. The Kier molecular flexibility index (Phi) is 5.44. The van der Waals surface area contributed by atoms with Gasteiger partial charge in [0.2, 0.25) is 0 Å². The summed E-state index contributed by atoms with van der Waals surface area (Å²) in [5.41, 5.74) is 0.622. The van der Waals surface area contributed by atoms with Crippen molar-refractivity contribution in [1.82, 2.24) is 10.6 Å². The fraction of sp³-hybridized carbons (Fsp3) is 0.600. The minimum Gasteiger partial charge on any atom is -0.311 e. The lowest BCUT2D eigenvalue weighted by molar-refractivity contribution is 0.384. The third kappa shape index (κ3) is 5.25. The van der Waals surface area contributed by atoms with E-state index in [2.05, 4.69) is 31.4 Å². The molecule has 0 fully saturated rings. The maximum Gasteiger partial charge on any atom is 0.133 e. The van der Waals surface area contributed by atoms with E-state index in [-0.39, 0.29) is 23.7 Å². The average Bonchev–Trinajstić information content (AvgIpc) is 2.30. The number of aryl methyl sites for hydroxylation is 1. The van der Waals surface area contributed by atoms with Gasteiger partial charge in [-0.25, -0.2) is 8.78 Å². The van der Waals surface area contributed by atoms with Crippen molar-refractivity contribution in [1.29, 1.82) is 0 Å². The van der Waals surface area contributed by atoms with Crippen molar-refractivity contribution in [3.05, 3.63) is 34.9 Å². The number of benzene rings is 1. The highest BCUT2D eigenvalue weighted by Gasteiger charge is 2.14. The molecule has 0 amide bonds. The molecule has 2 nitrogen and oxygen atoms in total. The average molecular weight is 270 g/mol. The summed E-state index contributed by atoms with van der Waals surface area (Å²) in [5, 5.41) is 6.49. The van der Waals surface area contributed by atoms with Crippen molar-refractivity contribution in [2.45, 2.75) is 52.7 Å². The SMILES string of the molecule is Cc1ccc(F)c(CNC(C)CNC(C)(C)C)c1F. The molecule has 0 spiro atoms. The zero-order valence-electron chi connectivity index (χ0n) is 12.4. The van der Waals surface area contributed by atoms with E-state index < -0.39 is 11.6 Å². The van der Waals surface area contributed by atoms with Crippen LogP contribution in [0, 0.1) is 18.6 Å². The topological polar surface area (TPSA) is 24.1 Å². The normalized spacial score (nSPS) is 13.6. The highest BCUT2D eigenvalue weighted by atomic mass is 19.1. The van der Waals surface area contributed by atoms with Gasteiger partial charge < -0.3 is 10.6 Å². The van der Waals surface area contributed by atoms with Crippen LogP contribution in [-0.4, -0.2) is 18.1 Å². The molecular formula is C15H24F2N2. The summed E-state index contributed by atoms with van der Waals surface area (Å²) in [6.07, 6.45) is 0. The molecule has 1 aromatic rings. The number of hydrogen-bond donors (Lipinski definition) is 2. The van der Waals surface area contributed by atoms with Gasteiger partial charge in [0, 0.05) is 30.2 Å². The number of rotatable bonds is 5. The molecule has 1 unspecified atom stereocenters. The van der Waals surface area contributed by atoms with Gasteiger partial charge in [0.25, 0.3) is 0 Å². The Hall–Kier alpha value is -1.00. The minimum atomic E-state index is -0.494. The van der Waals surface area contributed by atoms with Crippen molar-refractivity contribution in [2.75, 3.05) is 6.54 Å². The largest absolute Gasteiger partial charge is 0.311 e. The molecule has 0 bridgehead atoms. The van der Waals surface area contributed by atoms with Gasteiger partial charge >= 0.3 is 0 Å². The van der Waals surface area contributed by atoms with E-state index in [1.807, 2.05) is 6.92 Å². The van der Waals surface area contributed by atoms with Crippen molar-refractivity contribution in [2.24, 2.45) is 0 Å². The summed E-state index contributed by atoms with van der Waals surface area (Å²) in [6, 6.07) is 2.91. The molecule has 0 aliphatic heterocycles. The first-order chi connectivity index (χ1) is 8.70. The Balaban J connectivity index is 2.55. The summed E-state index contributed by atoms with van der Waals surface area (Å²) >= 11 is 0. The Labute approximate surface area is 114 Å². The zero-order chi connectivity index (χ0) is 14.6. The standard InChI is InChI=1S/C15H24F2N2/c1-10-6-7-13(16)12(14(10)17)9-18-11(2)8-19-15(3,4)5/h6-7,11,18-19H,8-9H2,1-5H3. The molecule has 0 heterocycles. The van der Waals surface area contributed by atoms with Crippen LogP contribution in [-0.2, 0) is 6.54 Å². The molecule has 0 aliphatic rings. The maximum absolute atomic E-state index is 13.8. The summed E-state index contributed by atoms with van der Waals surface area (Å²) in [7, 11) is 0. The monoisotopic (exact) mass is 270 g/mol. The van der Waals surface area contributed by atoms with Crippen molar-refractivity contribution in [3.63, 3.8) is 0 Å². The van der Waals surface area contributed by atoms with E-state index >= 15 is 0 Å². The van der Waals surface area contributed by atoms with Crippen LogP contribution in [0.3, 0.4) is 0 Å². The van der Waals surface area contributed by atoms with Crippen LogP contribution in [0.2, 0.25) is 0 Å². The van der Waals surface area contributed by atoms with Gasteiger partial charge in [-0.15, -0.1) is 0 Å². The highest BCUT2D eigenvalue weighted by molar-refractivity contribution is 5.26. The summed E-state index contributed by atoms with van der Waals surface area (Å²) in [5.74, 6) is -0.949. The quantitative estimate of drug-likeness (QED) is 0.859. The second-order valence-electron chi connectivity index (χ2n) is 6.07. The van der Waals surface area contributed by atoms with E-state index in [0.29, 0.717) is 5.56 Å². The third-order valence-electron chi connectivity index (χ3n) is 2.94. The Morgan fingerprint density at radius 2 is 1.84 bits per heavy atom. The van der Waals surface area contributed by atoms with Gasteiger partial charge in [-0.2, -0.15) is 0 Å². The zero-order valence-corrected chi connectivity index (χ0v) is 12.4. The van der Waals surface area contributed by atoms with E-state index in [9.17, 15) is 8.78 Å². The predicted octanol–water partition coefficient (Wildman–Crippen LogP) is 3.14. The molecule has 0 aromatic heterocycles. The molecule has 0 saturated heterocycles. The Bertz CT molecular complexity index is 425. The van der Waals surface area contributed by atoms with Gasteiger partial charge in [0.1, 0.15) is 11.6 Å². The Morgan fingerprint density at radius 3 is 2.42 bits per heavy atom. The molecule has 2 N–H and O–H groups in total. The summed E-state index contributed by atoms with van der Waals surface area (Å²) < 4.78 is 27.4. The van der Waals surface area contributed by atoms with Crippen molar-refractivity contribution in [3.8, 4) is 0 Å². The minimum absolute atomic E-state index is 0.0375. The summed E-state index contributed by atoms with van der Waals surface area (Å²) in [4.78, 5) is 0. The molecule has 19 heavy (non-hydrogen) atoms. The summed E-state index contributed by atoms with van der Waals surface area (Å²) in [6.45, 7) is 10.8. The van der Waals surface area contributed by atoms with E-state index in [1.165, 1.54) is 12.1 Å². The van der Waals surface area contributed by atoms with Gasteiger partial charge in [-0.3, -0.25) is 0 Å². The third-order valence-corrected chi connectivity index (χ3v) is 2.94. The van der Waals surface area contributed by atoms with Crippen LogP contribution in [0.5, 0.6) is 0 Å². The lowest BCUT2D eigenvalue weighted by Gasteiger charge is -2.24. The first-order valence-electron chi connectivity index (χ1n) is 6.62. The van der Waals surface area contributed by atoms with E-state index in [4.69, 9.17) is 0 Å². The molecule has 108 valence electrons. The fourth-order valence-corrected chi connectivity index (χ4v) is 1.68. The van der Waals surface area contributed by atoms with Crippen molar-refractivity contribution < 1.29 is 8.78 Å². The number of hydrogen-bond acceptors (Lipinski definition) is 2. The first kappa shape index (κ1) is 16.1. The molecule has 0 aliphatic carbocycles. The predicted molar refractivity (Wildman–Crippen MR) is 75.2 cm³/mol. The molecule has 1 rings (SSSR count). The second-order valence-corrected chi connectivity index (χ2v) is 6.07. The van der Waals surface area contributed by atoms with E-state index in [1.54, 1.807) is 6.92 Å². The van der Waals surface area contributed by atoms with Crippen LogP contribution in [0.15, 0.2) is 12.1 Å². The highest BCUT2D eigenvalue weighted by Crippen LogP contribution is 2.16. The van der Waals surface area contributed by atoms with E-state index in [0.717, 1.165) is 6.54 Å². The number of nitrogens with one attached hydrogen (secondary N) is 2. The molecule has 1 atom stereocenters. The van der Waals surface area contributed by atoms with Crippen molar-refractivity contribution >= 4 is 0 Å². The fourth-order valence-electron chi connectivity index (χ4n) is 1.68. The first-order valence-corrected chi connectivity index (χ1v) is 6.62. The van der Waals surface area contributed by atoms with Crippen LogP contribution in [0.1, 0.15) is 38.8 Å². The van der Waals surface area contributed by atoms with Crippen LogP contribution < -0.4 is 10.6 Å². The molecule has 4 heteroatoms. The lowest BCUT2D eigenvalue weighted by Crippen LogP contribution is -2.44. The van der Waals surface area contributed by atoms with Gasteiger partial charge in [-0.05, 0) is 46.2 Å². The smallest absolute Gasteiger partial charge is 0.133 e. The Morgan fingerprint density at radius 1 is 1.21 bits per heavy atom. The van der Waals surface area contributed by atoms with Crippen LogP contribution in [0.4, 0.5) is 8.78 Å².